The Bertz CT molecular complexity index is 1450. The summed E-state index contributed by atoms with van der Waals surface area (Å²) in [5.74, 6) is 3.13. The molecule has 0 aliphatic heterocycles. The highest BCUT2D eigenvalue weighted by Gasteiger charge is 2.67. The predicted octanol–water partition coefficient (Wildman–Crippen LogP) is 5.97. The number of fused-ring (bicyclic) bond motifs is 10. The van der Waals surface area contributed by atoms with Crippen LogP contribution >= 0.6 is 0 Å². The van der Waals surface area contributed by atoms with Gasteiger partial charge < -0.3 is 41.3 Å². The molecule has 8 N–H and O–H groups in total. The van der Waals surface area contributed by atoms with Crippen molar-refractivity contribution in [2.45, 2.75) is 194 Å². The van der Waals surface area contributed by atoms with E-state index in [4.69, 9.17) is 0 Å². The van der Waals surface area contributed by atoms with E-state index >= 15 is 0 Å². The van der Waals surface area contributed by atoms with Crippen LogP contribution in [-0.2, 0) is 9.59 Å². The minimum Gasteiger partial charge on any atom is -0.393 e. The normalized spacial score (nSPS) is 51.7. The fourth-order valence-electron chi connectivity index (χ4n) is 18.0. The Morgan fingerprint density at radius 2 is 0.917 bits per heavy atom. The maximum absolute atomic E-state index is 13.0. The van der Waals surface area contributed by atoms with Gasteiger partial charge in [-0.3, -0.25) is 9.59 Å². The summed E-state index contributed by atoms with van der Waals surface area (Å²) in [5, 5.41) is 73.9. The lowest BCUT2D eigenvalue weighted by molar-refractivity contribution is -0.207. The molecule has 0 bridgehead atoms. The van der Waals surface area contributed by atoms with Gasteiger partial charge in [-0.25, -0.2) is 0 Å². The first-order chi connectivity index (χ1) is 28.3. The van der Waals surface area contributed by atoms with Crippen LogP contribution in [0, 0.1) is 92.7 Å². The summed E-state index contributed by atoms with van der Waals surface area (Å²) in [6.45, 7) is 14.5. The van der Waals surface area contributed by atoms with Crippen molar-refractivity contribution in [3.05, 3.63) is 0 Å². The number of aliphatic hydroxyl groups is 6. The van der Waals surface area contributed by atoms with E-state index in [9.17, 15) is 40.2 Å². The van der Waals surface area contributed by atoms with Crippen LogP contribution in [0.4, 0.5) is 0 Å². The highest BCUT2D eigenvalue weighted by molar-refractivity contribution is 5.77. The fourth-order valence-corrected chi connectivity index (χ4v) is 18.0. The molecule has 0 radical (unpaired) electrons. The molecule has 0 spiro atoms. The van der Waals surface area contributed by atoms with Crippen LogP contribution < -0.4 is 10.6 Å². The van der Waals surface area contributed by atoms with Crippen LogP contribution in [0.25, 0.3) is 0 Å². The van der Waals surface area contributed by atoms with E-state index < -0.39 is 12.2 Å². The van der Waals surface area contributed by atoms with E-state index in [1.165, 1.54) is 0 Å². The van der Waals surface area contributed by atoms with Crippen LogP contribution in [-0.4, -0.2) is 92.2 Å². The highest BCUT2D eigenvalue weighted by Crippen LogP contribution is 2.70. The Morgan fingerprint density at radius 1 is 0.533 bits per heavy atom. The van der Waals surface area contributed by atoms with Gasteiger partial charge in [0.05, 0.1) is 36.6 Å². The lowest BCUT2D eigenvalue weighted by Crippen LogP contribution is -2.62. The number of amides is 2. The van der Waals surface area contributed by atoms with Crippen molar-refractivity contribution in [3.8, 4) is 0 Å². The van der Waals surface area contributed by atoms with Crippen LogP contribution in [0.5, 0.6) is 0 Å². The van der Waals surface area contributed by atoms with Gasteiger partial charge in [0.15, 0.2) is 0 Å². The second-order valence-corrected chi connectivity index (χ2v) is 23.8. The lowest BCUT2D eigenvalue weighted by atomic mass is 9.43. The lowest BCUT2D eigenvalue weighted by Gasteiger charge is -2.63. The molecule has 10 nitrogen and oxygen atoms in total. The molecule has 22 atom stereocenters. The van der Waals surface area contributed by atoms with Crippen LogP contribution in [0.2, 0.25) is 0 Å². The van der Waals surface area contributed by atoms with Crippen LogP contribution in [0.1, 0.15) is 157 Å². The third-order valence-corrected chi connectivity index (χ3v) is 21.5. The van der Waals surface area contributed by atoms with Crippen molar-refractivity contribution in [2.24, 2.45) is 92.7 Å². The third kappa shape index (κ3) is 7.45. The number of rotatable bonds is 11. The van der Waals surface area contributed by atoms with Crippen molar-refractivity contribution in [1.82, 2.24) is 10.6 Å². The molecule has 60 heavy (non-hydrogen) atoms. The second kappa shape index (κ2) is 16.9. The summed E-state index contributed by atoms with van der Waals surface area (Å²) in [4.78, 5) is 26.1. The van der Waals surface area contributed by atoms with E-state index in [-0.39, 0.29) is 117 Å². The smallest absolute Gasteiger partial charge is 0.220 e. The van der Waals surface area contributed by atoms with E-state index in [2.05, 4.69) is 52.2 Å². The van der Waals surface area contributed by atoms with Crippen molar-refractivity contribution < 1.29 is 40.2 Å². The number of aliphatic hydroxyl groups excluding tert-OH is 6. The summed E-state index contributed by atoms with van der Waals surface area (Å²) in [6.07, 6.45) is 12.2. The molecule has 8 rings (SSSR count). The molecule has 8 fully saturated rings. The summed E-state index contributed by atoms with van der Waals surface area (Å²) < 4.78 is 0. The monoisotopic (exact) mass is 841 g/mol. The Hall–Kier alpha value is -1.30. The Labute approximate surface area is 361 Å². The number of carbonyl (C=O) groups is 2. The molecular formula is C50H84N2O8. The molecule has 342 valence electrons. The quantitative estimate of drug-likeness (QED) is 0.117. The average Bonchev–Trinajstić information content (AvgIpc) is 3.75. The van der Waals surface area contributed by atoms with Crippen molar-refractivity contribution in [1.29, 1.82) is 0 Å². The molecule has 0 saturated heterocycles. The van der Waals surface area contributed by atoms with Crippen molar-refractivity contribution >= 4 is 11.8 Å². The minimum absolute atomic E-state index is 0.0131. The third-order valence-electron chi connectivity index (χ3n) is 21.5. The molecule has 8 aliphatic rings. The van der Waals surface area contributed by atoms with Gasteiger partial charge in [-0.2, -0.15) is 0 Å². The Balaban J connectivity index is 0.765. The van der Waals surface area contributed by atoms with Gasteiger partial charge in [-0.1, -0.05) is 41.5 Å². The predicted molar refractivity (Wildman–Crippen MR) is 231 cm³/mol. The maximum atomic E-state index is 13.0. The zero-order valence-electron chi connectivity index (χ0n) is 38.0. The molecule has 8 aliphatic carbocycles. The molecule has 10 heteroatoms. The van der Waals surface area contributed by atoms with Crippen molar-refractivity contribution in [2.75, 3.05) is 13.1 Å². The number of hydrogen-bond acceptors (Lipinski definition) is 8. The van der Waals surface area contributed by atoms with Gasteiger partial charge in [0.1, 0.15) is 0 Å². The maximum Gasteiger partial charge on any atom is 0.220 e. The Morgan fingerprint density at radius 3 is 1.30 bits per heavy atom. The number of nitrogens with one attached hydrogen (secondary N) is 2. The van der Waals surface area contributed by atoms with E-state index in [1.807, 2.05) is 0 Å². The van der Waals surface area contributed by atoms with E-state index in [1.54, 1.807) is 0 Å². The summed E-state index contributed by atoms with van der Waals surface area (Å²) >= 11 is 0. The molecule has 0 aromatic heterocycles. The summed E-state index contributed by atoms with van der Waals surface area (Å²) in [6, 6.07) is 0. The first kappa shape index (κ1) is 45.3. The van der Waals surface area contributed by atoms with Crippen LogP contribution in [0.15, 0.2) is 0 Å². The molecule has 8 unspecified atom stereocenters. The molecular weight excluding hydrogens is 757 g/mol. The van der Waals surface area contributed by atoms with E-state index in [0.717, 1.165) is 103 Å². The topological polar surface area (TPSA) is 180 Å². The molecule has 2 amide bonds. The van der Waals surface area contributed by atoms with Gasteiger partial charge in [0.2, 0.25) is 11.8 Å². The first-order valence-electron chi connectivity index (χ1n) is 25.0. The average molecular weight is 841 g/mol. The molecule has 0 heterocycles. The van der Waals surface area contributed by atoms with Gasteiger partial charge >= 0.3 is 0 Å². The first-order valence-corrected chi connectivity index (χ1v) is 25.0. The molecule has 0 aromatic rings. The second-order valence-electron chi connectivity index (χ2n) is 23.8. The fraction of sp³-hybridized carbons (Fsp3) is 0.960. The van der Waals surface area contributed by atoms with Gasteiger partial charge in [0, 0.05) is 25.9 Å². The van der Waals surface area contributed by atoms with Gasteiger partial charge in [-0.05, 0) is 195 Å². The standard InChI is InChI=1S/C50H84N2O8/c1-27(33-9-11-35-45-37(25-41(57)49(33,35)5)47(3)17-15-31(53)21-29(47)23-39(45)55)7-13-43(59)51-19-20-52-44(60)14-8-28(2)34-10-12-36-46-38(26-42(58)50(34,36)6)48(4)18-16-32(54)22-30(48)24-40(46)56/h27-42,45-46,53-58H,7-26H2,1-6H3,(H,51,59)(H,52,60)/t27-,28-,29?,30?,31-,32-,33-,34-,35?,36?,37?,38?,39-,40-,41+,42+,45?,46?,47+,48+,49-,50-/m1/s1. The Kier molecular flexibility index (Phi) is 12.8. The largest absolute Gasteiger partial charge is 0.393 e. The van der Waals surface area contributed by atoms with Gasteiger partial charge in [0.25, 0.3) is 0 Å². The summed E-state index contributed by atoms with van der Waals surface area (Å²) in [5.41, 5.74) is -0.456. The van der Waals surface area contributed by atoms with E-state index in [0.29, 0.717) is 37.8 Å². The SMILES string of the molecule is C[C@H](CCC(=O)NCCNC(=O)CC[C@@H](C)[C@H]1CCC2C3C(C[C@H](O)[C@@]21C)[C@@]1(C)CC[C@@H](O)CC1C[C@H]3O)[C@H]1CCC2C3C(C[C@H](O)[C@@]21C)[C@@]1(C)CC[C@@H](O)CC1C[C@H]3O. The number of hydrogen-bond donors (Lipinski definition) is 8. The van der Waals surface area contributed by atoms with Gasteiger partial charge in [-0.15, -0.1) is 0 Å². The number of carbonyl (C=O) groups excluding carboxylic acids is 2. The summed E-state index contributed by atoms with van der Waals surface area (Å²) in [7, 11) is 0. The molecule has 0 aromatic carbocycles. The minimum atomic E-state index is -0.436. The highest BCUT2D eigenvalue weighted by atomic mass is 16.3. The molecule has 8 saturated carbocycles. The zero-order chi connectivity index (χ0) is 43.1. The zero-order valence-corrected chi connectivity index (χ0v) is 38.0. The van der Waals surface area contributed by atoms with Crippen molar-refractivity contribution in [3.63, 3.8) is 0 Å². The van der Waals surface area contributed by atoms with Crippen LogP contribution in [0.3, 0.4) is 0 Å².